The van der Waals surface area contributed by atoms with Gasteiger partial charge < -0.3 is 10.1 Å². The van der Waals surface area contributed by atoms with Gasteiger partial charge in [0.05, 0.1) is 0 Å². The fourth-order valence-electron chi connectivity index (χ4n) is 2.96. The molecule has 0 fully saturated rings. The van der Waals surface area contributed by atoms with E-state index in [0.29, 0.717) is 35.3 Å². The minimum absolute atomic E-state index is 0.240. The predicted octanol–water partition coefficient (Wildman–Crippen LogP) is 5.30. The molecule has 0 atom stereocenters. The summed E-state index contributed by atoms with van der Waals surface area (Å²) in [5, 5.41) is 3.26. The van der Waals surface area contributed by atoms with E-state index in [0.717, 1.165) is 16.7 Å². The van der Waals surface area contributed by atoms with Crippen molar-refractivity contribution in [3.05, 3.63) is 107 Å². The minimum Gasteiger partial charge on any atom is -0.430 e. The number of aryl methyl sites for hydroxylation is 1. The first-order valence-electron chi connectivity index (χ1n) is 9.74. The second-order valence-corrected chi connectivity index (χ2v) is 7.74. The van der Waals surface area contributed by atoms with Crippen LogP contribution in [-0.4, -0.2) is 15.3 Å². The summed E-state index contributed by atoms with van der Waals surface area (Å²) in [7, 11) is 0. The van der Waals surface area contributed by atoms with Gasteiger partial charge in [-0.3, -0.25) is 4.79 Å². The Morgan fingerprint density at radius 3 is 2.58 bits per heavy atom. The highest BCUT2D eigenvalue weighted by Gasteiger charge is 2.12. The highest BCUT2D eigenvalue weighted by molar-refractivity contribution is 7.07. The van der Waals surface area contributed by atoms with Crippen LogP contribution in [0.2, 0.25) is 0 Å². The molecule has 1 amide bonds. The lowest BCUT2D eigenvalue weighted by Crippen LogP contribution is -2.22. The zero-order valence-electron chi connectivity index (χ0n) is 16.8. The van der Waals surface area contributed by atoms with Gasteiger partial charge in [-0.05, 0) is 47.9 Å². The van der Waals surface area contributed by atoms with Gasteiger partial charge in [0.2, 0.25) is 0 Å². The third-order valence-corrected chi connectivity index (χ3v) is 5.30. The van der Waals surface area contributed by atoms with Gasteiger partial charge in [-0.1, -0.05) is 48.5 Å². The Labute approximate surface area is 183 Å². The molecule has 0 unspecified atom stereocenters. The summed E-state index contributed by atoms with van der Waals surface area (Å²) in [6.45, 7) is 2.21. The Bertz CT molecular complexity index is 1180. The molecule has 0 saturated heterocycles. The molecule has 0 spiro atoms. The first kappa shape index (κ1) is 20.7. The fraction of sp³-hybridized carbons (Fsp3) is 0.125. The van der Waals surface area contributed by atoms with Gasteiger partial charge in [0.1, 0.15) is 11.6 Å². The van der Waals surface area contributed by atoms with Crippen molar-refractivity contribution in [1.29, 1.82) is 0 Å². The average molecular weight is 434 g/mol. The Hall–Kier alpha value is -3.58. The quantitative estimate of drug-likeness (QED) is 0.430. The first-order chi connectivity index (χ1) is 15.1. The van der Waals surface area contributed by atoms with Gasteiger partial charge in [0.15, 0.2) is 5.82 Å². The Morgan fingerprint density at radius 1 is 1.03 bits per heavy atom. The summed E-state index contributed by atoms with van der Waals surface area (Å²) in [5.41, 5.74) is 3.30. The molecule has 0 aliphatic heterocycles. The minimum atomic E-state index is -0.306. The van der Waals surface area contributed by atoms with Crippen LogP contribution in [0.5, 0.6) is 10.9 Å². The number of carbonyl (C=O) groups excluding carboxylic acids is 1. The van der Waals surface area contributed by atoms with Crippen LogP contribution in [0.4, 0.5) is 4.39 Å². The van der Waals surface area contributed by atoms with Crippen molar-refractivity contribution in [2.24, 2.45) is 0 Å². The molecule has 0 saturated carbocycles. The van der Waals surface area contributed by atoms with Crippen LogP contribution < -0.4 is 10.1 Å². The van der Waals surface area contributed by atoms with Crippen LogP contribution in [0.3, 0.4) is 0 Å². The predicted molar refractivity (Wildman–Crippen MR) is 118 cm³/mol. The van der Waals surface area contributed by atoms with Gasteiger partial charge in [0, 0.05) is 30.1 Å². The smallest absolute Gasteiger partial charge is 0.298 e. The maximum Gasteiger partial charge on any atom is 0.298 e. The van der Waals surface area contributed by atoms with E-state index in [1.165, 1.54) is 23.7 Å². The maximum absolute atomic E-state index is 13.0. The van der Waals surface area contributed by atoms with E-state index in [4.69, 9.17) is 4.74 Å². The molecule has 0 aliphatic rings. The molecule has 31 heavy (non-hydrogen) atoms. The standard InChI is InChI=1S/C24H20FN3O2S/c1-16-7-10-19(23(29)26-15-18-8-11-20(25)12-9-18)14-21(16)30-24-27-22(28-31-24)13-17-5-3-2-4-6-17/h2-12,14H,13,15H2,1H3,(H,26,29). The number of amides is 1. The van der Waals surface area contributed by atoms with Gasteiger partial charge in [-0.15, -0.1) is 0 Å². The third-order valence-electron chi connectivity index (χ3n) is 4.67. The largest absolute Gasteiger partial charge is 0.430 e. The summed E-state index contributed by atoms with van der Waals surface area (Å²) in [6.07, 6.45) is 0.630. The van der Waals surface area contributed by atoms with E-state index in [-0.39, 0.29) is 11.7 Å². The normalized spacial score (nSPS) is 10.6. The number of nitrogens with zero attached hydrogens (tertiary/aromatic N) is 2. The molecule has 1 heterocycles. The number of hydrogen-bond acceptors (Lipinski definition) is 5. The SMILES string of the molecule is Cc1ccc(C(=O)NCc2ccc(F)cc2)cc1Oc1nc(Cc2ccccc2)ns1. The van der Waals surface area contributed by atoms with E-state index in [1.54, 1.807) is 24.3 Å². The summed E-state index contributed by atoms with van der Waals surface area (Å²) in [6, 6.07) is 21.3. The lowest BCUT2D eigenvalue weighted by Gasteiger charge is -2.09. The molecule has 5 nitrogen and oxygen atoms in total. The molecule has 0 aliphatic carbocycles. The molecule has 0 bridgehead atoms. The average Bonchev–Trinajstić information content (AvgIpc) is 3.22. The first-order valence-corrected chi connectivity index (χ1v) is 10.5. The number of aromatic nitrogens is 2. The molecular weight excluding hydrogens is 413 g/mol. The van der Waals surface area contributed by atoms with Crippen molar-refractivity contribution in [1.82, 2.24) is 14.7 Å². The Balaban J connectivity index is 1.41. The highest BCUT2D eigenvalue weighted by atomic mass is 32.1. The van der Waals surface area contributed by atoms with E-state index in [2.05, 4.69) is 14.7 Å². The number of halogens is 1. The lowest BCUT2D eigenvalue weighted by atomic mass is 10.1. The summed E-state index contributed by atoms with van der Waals surface area (Å²) < 4.78 is 23.3. The van der Waals surface area contributed by atoms with Crippen LogP contribution in [0.1, 0.15) is 32.9 Å². The second kappa shape index (κ2) is 9.49. The molecule has 0 radical (unpaired) electrons. The molecule has 3 aromatic carbocycles. The van der Waals surface area contributed by atoms with E-state index >= 15 is 0 Å². The van der Waals surface area contributed by atoms with Crippen molar-refractivity contribution in [3.63, 3.8) is 0 Å². The van der Waals surface area contributed by atoms with Crippen LogP contribution in [0, 0.1) is 12.7 Å². The fourth-order valence-corrected chi connectivity index (χ4v) is 3.52. The van der Waals surface area contributed by atoms with Crippen LogP contribution in [0.15, 0.2) is 72.8 Å². The van der Waals surface area contributed by atoms with Gasteiger partial charge in [-0.2, -0.15) is 9.36 Å². The van der Waals surface area contributed by atoms with Crippen LogP contribution in [-0.2, 0) is 13.0 Å². The van der Waals surface area contributed by atoms with Crippen molar-refractivity contribution in [3.8, 4) is 10.9 Å². The summed E-state index contributed by atoms with van der Waals surface area (Å²) in [4.78, 5) is 17.0. The van der Waals surface area contributed by atoms with Crippen LogP contribution in [0.25, 0.3) is 0 Å². The zero-order valence-corrected chi connectivity index (χ0v) is 17.7. The topological polar surface area (TPSA) is 64.1 Å². The van der Waals surface area contributed by atoms with E-state index < -0.39 is 0 Å². The molecule has 1 aromatic heterocycles. The molecule has 4 aromatic rings. The number of rotatable bonds is 7. The van der Waals surface area contributed by atoms with Crippen molar-refractivity contribution in [2.75, 3.05) is 0 Å². The number of hydrogen-bond donors (Lipinski definition) is 1. The van der Waals surface area contributed by atoms with E-state index in [9.17, 15) is 9.18 Å². The van der Waals surface area contributed by atoms with Crippen molar-refractivity contribution < 1.29 is 13.9 Å². The Morgan fingerprint density at radius 2 is 1.81 bits per heavy atom. The molecule has 1 N–H and O–H groups in total. The van der Waals surface area contributed by atoms with Gasteiger partial charge >= 0.3 is 0 Å². The second-order valence-electron chi connectivity index (χ2n) is 7.03. The molecule has 4 rings (SSSR count). The van der Waals surface area contributed by atoms with Crippen molar-refractivity contribution in [2.45, 2.75) is 19.9 Å². The monoisotopic (exact) mass is 433 g/mol. The molecular formula is C24H20FN3O2S. The number of ether oxygens (including phenoxy) is 1. The highest BCUT2D eigenvalue weighted by Crippen LogP contribution is 2.28. The molecule has 156 valence electrons. The van der Waals surface area contributed by atoms with Gasteiger partial charge in [0.25, 0.3) is 11.1 Å². The summed E-state index contributed by atoms with van der Waals surface area (Å²) in [5.74, 6) is 0.698. The third kappa shape index (κ3) is 5.52. The number of benzene rings is 3. The van der Waals surface area contributed by atoms with Gasteiger partial charge in [-0.25, -0.2) is 4.39 Å². The summed E-state index contributed by atoms with van der Waals surface area (Å²) >= 11 is 1.18. The zero-order chi connectivity index (χ0) is 21.6. The Kier molecular flexibility index (Phi) is 6.33. The lowest BCUT2D eigenvalue weighted by molar-refractivity contribution is 0.0950. The molecule has 7 heteroatoms. The number of nitrogens with one attached hydrogen (secondary N) is 1. The van der Waals surface area contributed by atoms with Crippen molar-refractivity contribution >= 4 is 17.4 Å². The maximum atomic E-state index is 13.0. The van der Waals surface area contributed by atoms with Crippen LogP contribution >= 0.6 is 11.5 Å². The van der Waals surface area contributed by atoms with E-state index in [1.807, 2.05) is 43.3 Å². The number of carbonyl (C=O) groups is 1.